The summed E-state index contributed by atoms with van der Waals surface area (Å²) in [4.78, 5) is 28.4. The third-order valence-electron chi connectivity index (χ3n) is 6.50. The van der Waals surface area contributed by atoms with Gasteiger partial charge in [0.2, 0.25) is 31.9 Å². The summed E-state index contributed by atoms with van der Waals surface area (Å²) in [6.07, 6.45) is -5.19. The molecule has 0 fully saturated rings. The second-order valence-corrected chi connectivity index (χ2v) is 15.1. The van der Waals surface area contributed by atoms with Gasteiger partial charge in [-0.05, 0) is 57.5 Å². The van der Waals surface area contributed by atoms with Crippen LogP contribution in [0.4, 0.5) is 13.2 Å². The lowest BCUT2D eigenvalue weighted by atomic mass is 10.0. The van der Waals surface area contributed by atoms with E-state index in [1.165, 1.54) is 4.90 Å². The van der Waals surface area contributed by atoms with Crippen LogP contribution in [-0.4, -0.2) is 96.9 Å². The molecule has 13 nitrogen and oxygen atoms in total. The molecule has 2 aromatic rings. The Labute approximate surface area is 293 Å². The smallest absolute Gasteiger partial charge is 0.406 e. The minimum atomic E-state index is -5.06. The van der Waals surface area contributed by atoms with Crippen LogP contribution < -0.4 is 19.5 Å². The number of carbonyl (C=O) groups excluding carboxylic acids is 2. The first-order valence-electron chi connectivity index (χ1n) is 14.8. The predicted octanol–water partition coefficient (Wildman–Crippen LogP) is 3.45. The molecule has 0 aliphatic carbocycles. The molecule has 0 bridgehead atoms. The number of ether oxygens (including phenoxy) is 3. The van der Waals surface area contributed by atoms with E-state index in [0.29, 0.717) is 35.9 Å². The zero-order valence-corrected chi connectivity index (χ0v) is 30.4. The van der Waals surface area contributed by atoms with Crippen LogP contribution in [0.3, 0.4) is 0 Å². The molecule has 3 N–H and O–H groups in total. The normalized spacial score (nSPS) is 13.7. The summed E-state index contributed by atoms with van der Waals surface area (Å²) < 4.78 is 107. The Balaban J connectivity index is 2.41. The van der Waals surface area contributed by atoms with Gasteiger partial charge in [-0.15, -0.1) is 13.2 Å². The predicted molar refractivity (Wildman–Crippen MR) is 176 cm³/mol. The van der Waals surface area contributed by atoms with Gasteiger partial charge >= 0.3 is 6.36 Å². The topological polar surface area (TPSA) is 169 Å². The molecular weight excluding hydrogens is 740 g/mol. The van der Waals surface area contributed by atoms with Gasteiger partial charge in [0.1, 0.15) is 22.7 Å². The van der Waals surface area contributed by atoms with Gasteiger partial charge < -0.3 is 24.4 Å². The lowest BCUT2D eigenvalue weighted by molar-refractivity contribution is -0.274. The average Bonchev–Trinajstić information content (AvgIpc) is 2.97. The summed E-state index contributed by atoms with van der Waals surface area (Å²) in [6, 6.07) is 4.99. The molecule has 49 heavy (non-hydrogen) atoms. The number of hydrogen-bond acceptors (Lipinski definition) is 9. The molecular formula is C29H39Cl2F3N4O9S2. The summed E-state index contributed by atoms with van der Waals surface area (Å²) in [5, 5.41) is 2.31. The molecule has 0 saturated carbocycles. The minimum Gasteiger partial charge on any atom is -0.406 e. The Kier molecular flexibility index (Phi) is 16.0. The molecule has 0 aliphatic rings. The lowest BCUT2D eigenvalue weighted by Gasteiger charge is -2.34. The SMILES string of the molecule is CCOC(CN(C(=O)C(Cc1ccc(Cl)cc1)NC(=O)C(CNS(=O)(=O)c1ccc(OC(F)(F)F)cc1Cl)NS(C)(=O)=O)C(C)C)OCC. The maximum absolute atomic E-state index is 14.0. The molecule has 2 atom stereocenters. The number of nitrogens with one attached hydrogen (secondary N) is 3. The Morgan fingerprint density at radius 2 is 1.53 bits per heavy atom. The van der Waals surface area contributed by atoms with Crippen molar-refractivity contribution in [2.75, 3.05) is 32.6 Å². The number of halogens is 5. The molecule has 276 valence electrons. The highest BCUT2D eigenvalue weighted by molar-refractivity contribution is 7.89. The molecule has 0 spiro atoms. The van der Waals surface area contributed by atoms with E-state index in [2.05, 4.69) is 10.1 Å². The van der Waals surface area contributed by atoms with Gasteiger partial charge in [0.25, 0.3) is 0 Å². The van der Waals surface area contributed by atoms with E-state index >= 15 is 0 Å². The number of benzene rings is 2. The summed E-state index contributed by atoms with van der Waals surface area (Å²) in [7, 11) is -8.78. The fourth-order valence-electron chi connectivity index (χ4n) is 4.38. The number of sulfonamides is 2. The Hall–Kier alpha value is -2.71. The third-order valence-corrected chi connectivity index (χ3v) is 9.37. The van der Waals surface area contributed by atoms with Gasteiger partial charge in [-0.25, -0.2) is 26.3 Å². The van der Waals surface area contributed by atoms with Crippen LogP contribution in [0.15, 0.2) is 47.4 Å². The Morgan fingerprint density at radius 1 is 0.939 bits per heavy atom. The largest absolute Gasteiger partial charge is 0.573 e. The molecule has 2 unspecified atom stereocenters. The van der Waals surface area contributed by atoms with E-state index in [0.717, 1.165) is 12.3 Å². The summed E-state index contributed by atoms with van der Waals surface area (Å²) in [5.41, 5.74) is 0.582. The highest BCUT2D eigenvalue weighted by atomic mass is 35.5. The second kappa shape index (κ2) is 18.5. The van der Waals surface area contributed by atoms with Crippen molar-refractivity contribution in [2.24, 2.45) is 0 Å². The lowest BCUT2D eigenvalue weighted by Crippen LogP contribution is -2.59. The second-order valence-electron chi connectivity index (χ2n) is 10.8. The number of carbonyl (C=O) groups is 2. The van der Waals surface area contributed by atoms with Crippen molar-refractivity contribution in [3.8, 4) is 5.75 Å². The van der Waals surface area contributed by atoms with Crippen molar-refractivity contribution in [3.05, 3.63) is 58.1 Å². The van der Waals surface area contributed by atoms with Gasteiger partial charge in [0.05, 0.1) is 17.8 Å². The van der Waals surface area contributed by atoms with Gasteiger partial charge in [-0.3, -0.25) is 9.59 Å². The Morgan fingerprint density at radius 3 is 2.02 bits per heavy atom. The molecule has 0 aromatic heterocycles. The van der Waals surface area contributed by atoms with Gasteiger partial charge in [-0.2, -0.15) is 0 Å². The van der Waals surface area contributed by atoms with E-state index in [-0.39, 0.29) is 13.0 Å². The third kappa shape index (κ3) is 14.6. The van der Waals surface area contributed by atoms with Gasteiger partial charge in [0.15, 0.2) is 6.29 Å². The number of rotatable bonds is 19. The van der Waals surface area contributed by atoms with Crippen LogP contribution in [0.25, 0.3) is 0 Å². The van der Waals surface area contributed by atoms with Crippen LogP contribution in [0.5, 0.6) is 5.75 Å². The van der Waals surface area contributed by atoms with Crippen molar-refractivity contribution in [2.45, 2.75) is 69.8 Å². The molecule has 0 radical (unpaired) electrons. The molecule has 0 saturated heterocycles. The number of hydrogen-bond donors (Lipinski definition) is 3. The van der Waals surface area contributed by atoms with E-state index < -0.39 is 84.9 Å². The number of amides is 2. The first kappa shape index (κ1) is 42.5. The van der Waals surface area contributed by atoms with E-state index in [1.54, 1.807) is 52.0 Å². The van der Waals surface area contributed by atoms with Crippen molar-refractivity contribution in [3.63, 3.8) is 0 Å². The first-order chi connectivity index (χ1) is 22.7. The fraction of sp³-hybridized carbons (Fsp3) is 0.517. The average molecular weight is 780 g/mol. The maximum atomic E-state index is 14.0. The van der Waals surface area contributed by atoms with Gasteiger partial charge in [0, 0.05) is 43.3 Å². The Bertz CT molecular complexity index is 1630. The minimum absolute atomic E-state index is 0.0104. The van der Waals surface area contributed by atoms with Crippen molar-refractivity contribution < 1.29 is 53.8 Å². The highest BCUT2D eigenvalue weighted by Gasteiger charge is 2.34. The maximum Gasteiger partial charge on any atom is 0.573 e. The van der Waals surface area contributed by atoms with Crippen molar-refractivity contribution in [1.29, 1.82) is 0 Å². The van der Waals surface area contributed by atoms with Crippen molar-refractivity contribution in [1.82, 2.24) is 19.7 Å². The summed E-state index contributed by atoms with van der Waals surface area (Å²) in [5.74, 6) is -2.43. The zero-order chi connectivity index (χ0) is 37.2. The van der Waals surface area contributed by atoms with Crippen LogP contribution in [-0.2, 0) is 45.5 Å². The van der Waals surface area contributed by atoms with Crippen molar-refractivity contribution >= 4 is 55.1 Å². The standard InChI is InChI=1S/C29H39Cl2F3N4O9S2/c1-6-45-26(46-7-2)17-38(18(3)4)28(40)23(14-19-8-10-20(30)11-9-19)36-27(39)24(37-48(5,41)42)16-35-49(43,44)25-13-12-21(15-22(25)31)47-29(32,33)34/h8-13,15,18,23-24,26,35,37H,6-7,14,16-17H2,1-5H3,(H,36,39). The summed E-state index contributed by atoms with van der Waals surface area (Å²) in [6.45, 7) is 6.68. The number of nitrogens with zero attached hydrogens (tertiary/aromatic N) is 1. The van der Waals surface area contributed by atoms with Gasteiger partial charge in [-0.1, -0.05) is 35.3 Å². The number of alkyl halides is 3. The first-order valence-corrected chi connectivity index (χ1v) is 18.9. The van der Waals surface area contributed by atoms with Crippen LogP contribution >= 0.6 is 23.2 Å². The fourth-order valence-corrected chi connectivity index (χ4v) is 6.80. The molecule has 0 heterocycles. The molecule has 20 heteroatoms. The molecule has 2 rings (SSSR count). The quantitative estimate of drug-likeness (QED) is 0.181. The molecule has 2 aromatic carbocycles. The van der Waals surface area contributed by atoms with E-state index in [4.69, 9.17) is 32.7 Å². The van der Waals surface area contributed by atoms with E-state index in [1.807, 2.05) is 9.44 Å². The monoisotopic (exact) mass is 778 g/mol. The zero-order valence-electron chi connectivity index (χ0n) is 27.2. The molecule has 2 amide bonds. The van der Waals surface area contributed by atoms with Crippen LogP contribution in [0, 0.1) is 0 Å². The van der Waals surface area contributed by atoms with E-state index in [9.17, 15) is 39.6 Å². The summed E-state index contributed by atoms with van der Waals surface area (Å²) >= 11 is 11.9. The van der Waals surface area contributed by atoms with Crippen LogP contribution in [0.1, 0.15) is 33.3 Å². The molecule has 0 aliphatic heterocycles. The highest BCUT2D eigenvalue weighted by Crippen LogP contribution is 2.29. The van der Waals surface area contributed by atoms with Crippen LogP contribution in [0.2, 0.25) is 10.0 Å².